The highest BCUT2D eigenvalue weighted by Gasteiger charge is 2.53. The number of aliphatic hydroxyl groups excluding tert-OH is 1. The zero-order chi connectivity index (χ0) is 13.6. The van der Waals surface area contributed by atoms with Gasteiger partial charge < -0.3 is 9.84 Å². The first-order valence-corrected chi connectivity index (χ1v) is 6.44. The van der Waals surface area contributed by atoms with E-state index in [0.29, 0.717) is 0 Å². The van der Waals surface area contributed by atoms with Crippen LogP contribution in [0, 0.1) is 0 Å². The molecule has 10 heteroatoms. The minimum Gasteiger partial charge on any atom is -0.394 e. The average Bonchev–Trinajstić information content (AvgIpc) is 2.87. The first kappa shape index (κ1) is 12.7. The predicted molar refractivity (Wildman–Crippen MR) is 60.2 cm³/mol. The summed E-state index contributed by atoms with van der Waals surface area (Å²) < 4.78 is 27.8. The Morgan fingerprint density at radius 3 is 2.79 bits per heavy atom. The van der Waals surface area contributed by atoms with Crippen LogP contribution in [0.25, 0.3) is 0 Å². The van der Waals surface area contributed by atoms with E-state index in [9.17, 15) is 18.9 Å². The van der Waals surface area contributed by atoms with Crippen LogP contribution in [-0.2, 0) is 24.5 Å². The van der Waals surface area contributed by atoms with Crippen molar-refractivity contribution < 1.29 is 22.4 Å². The SMILES string of the molecule is O=c1ccn([C@@H]2O[C@H](CO)C3OS(=O)OC32)c(=O)[nH]1. The second-order valence-electron chi connectivity index (χ2n) is 4.09. The Labute approximate surface area is 108 Å². The third-order valence-corrected chi connectivity index (χ3v) is 3.73. The third-order valence-electron chi connectivity index (χ3n) is 2.97. The van der Waals surface area contributed by atoms with Gasteiger partial charge in [-0.1, -0.05) is 0 Å². The molecule has 2 aliphatic heterocycles. The maximum atomic E-state index is 11.7. The maximum absolute atomic E-state index is 11.7. The Kier molecular flexibility index (Phi) is 3.11. The summed E-state index contributed by atoms with van der Waals surface area (Å²) in [6.07, 6.45) is -1.94. The molecule has 104 valence electrons. The molecule has 19 heavy (non-hydrogen) atoms. The lowest BCUT2D eigenvalue weighted by atomic mass is 10.1. The molecule has 0 radical (unpaired) electrons. The number of ether oxygens (including phenoxy) is 1. The summed E-state index contributed by atoms with van der Waals surface area (Å²) in [5.41, 5.74) is -1.22. The van der Waals surface area contributed by atoms with Crippen LogP contribution in [0.2, 0.25) is 0 Å². The first-order valence-electron chi connectivity index (χ1n) is 5.44. The lowest BCUT2D eigenvalue weighted by Crippen LogP contribution is -2.36. The van der Waals surface area contributed by atoms with E-state index in [0.717, 1.165) is 10.6 Å². The Balaban J connectivity index is 1.99. The van der Waals surface area contributed by atoms with E-state index < -0.39 is 47.2 Å². The van der Waals surface area contributed by atoms with Crippen molar-refractivity contribution in [3.05, 3.63) is 33.1 Å². The van der Waals surface area contributed by atoms with Crippen LogP contribution >= 0.6 is 0 Å². The fraction of sp³-hybridized carbons (Fsp3) is 0.556. The lowest BCUT2D eigenvalue weighted by Gasteiger charge is -2.17. The molecule has 3 rings (SSSR count). The van der Waals surface area contributed by atoms with Gasteiger partial charge in [0.1, 0.15) is 12.2 Å². The minimum atomic E-state index is -1.94. The zero-order valence-electron chi connectivity index (χ0n) is 9.42. The van der Waals surface area contributed by atoms with Crippen LogP contribution in [0.5, 0.6) is 0 Å². The Morgan fingerprint density at radius 1 is 1.37 bits per heavy atom. The van der Waals surface area contributed by atoms with Gasteiger partial charge in [0.25, 0.3) is 5.56 Å². The number of hydrogen-bond acceptors (Lipinski definition) is 7. The van der Waals surface area contributed by atoms with Crippen LogP contribution in [0.15, 0.2) is 21.9 Å². The van der Waals surface area contributed by atoms with Gasteiger partial charge in [0.2, 0.25) is 0 Å². The average molecular weight is 290 g/mol. The van der Waals surface area contributed by atoms with Crippen molar-refractivity contribution in [2.24, 2.45) is 0 Å². The van der Waals surface area contributed by atoms with E-state index >= 15 is 0 Å². The fourth-order valence-corrected chi connectivity index (χ4v) is 2.98. The van der Waals surface area contributed by atoms with E-state index in [-0.39, 0.29) is 6.61 Å². The lowest BCUT2D eigenvalue weighted by molar-refractivity contribution is -0.0562. The van der Waals surface area contributed by atoms with E-state index in [4.69, 9.17) is 13.1 Å². The molecular weight excluding hydrogens is 280 g/mol. The van der Waals surface area contributed by atoms with Gasteiger partial charge in [-0.3, -0.25) is 22.7 Å². The van der Waals surface area contributed by atoms with Gasteiger partial charge in [-0.2, -0.15) is 4.21 Å². The van der Waals surface area contributed by atoms with Crippen molar-refractivity contribution in [3.63, 3.8) is 0 Å². The third kappa shape index (κ3) is 2.07. The Morgan fingerprint density at radius 2 is 2.11 bits per heavy atom. The van der Waals surface area contributed by atoms with Crippen molar-refractivity contribution >= 4 is 11.4 Å². The van der Waals surface area contributed by atoms with Crippen LogP contribution in [0.4, 0.5) is 0 Å². The number of hydrogen-bond donors (Lipinski definition) is 2. The van der Waals surface area contributed by atoms with Gasteiger partial charge in [0, 0.05) is 12.3 Å². The number of rotatable bonds is 2. The summed E-state index contributed by atoms with van der Waals surface area (Å²) in [5, 5.41) is 9.17. The van der Waals surface area contributed by atoms with Gasteiger partial charge in [0.05, 0.1) is 6.61 Å². The number of nitrogens with zero attached hydrogens (tertiary/aromatic N) is 1. The topological polar surface area (TPSA) is 120 Å². The molecule has 0 saturated carbocycles. The number of fused-ring (bicyclic) bond motifs is 1. The maximum Gasteiger partial charge on any atom is 0.330 e. The highest BCUT2D eigenvalue weighted by atomic mass is 32.2. The summed E-state index contributed by atoms with van der Waals surface area (Å²) in [4.78, 5) is 24.8. The Hall–Kier alpha value is -1.33. The quantitative estimate of drug-likeness (QED) is 0.633. The van der Waals surface area contributed by atoms with Crippen molar-refractivity contribution in [2.45, 2.75) is 24.5 Å². The van der Waals surface area contributed by atoms with Gasteiger partial charge in [-0.15, -0.1) is 0 Å². The van der Waals surface area contributed by atoms with Crippen LogP contribution in [0.1, 0.15) is 6.23 Å². The highest BCUT2D eigenvalue weighted by molar-refractivity contribution is 7.75. The number of aliphatic hydroxyl groups is 1. The molecule has 9 nitrogen and oxygen atoms in total. The largest absolute Gasteiger partial charge is 0.394 e. The van der Waals surface area contributed by atoms with E-state index in [2.05, 4.69) is 4.98 Å². The monoisotopic (exact) mass is 290 g/mol. The number of aromatic nitrogens is 2. The van der Waals surface area contributed by atoms with Gasteiger partial charge in [0.15, 0.2) is 12.3 Å². The molecule has 3 heterocycles. The molecule has 3 unspecified atom stereocenters. The number of aromatic amines is 1. The van der Waals surface area contributed by atoms with Crippen molar-refractivity contribution in [3.8, 4) is 0 Å². The van der Waals surface area contributed by atoms with Crippen LogP contribution < -0.4 is 11.2 Å². The van der Waals surface area contributed by atoms with Gasteiger partial charge >= 0.3 is 17.1 Å². The fourth-order valence-electron chi connectivity index (χ4n) is 2.13. The molecule has 5 atom stereocenters. The molecule has 0 spiro atoms. The number of H-pyrrole nitrogens is 1. The van der Waals surface area contributed by atoms with E-state index in [1.165, 1.54) is 6.20 Å². The molecule has 2 N–H and O–H groups in total. The second kappa shape index (κ2) is 4.65. The highest BCUT2D eigenvalue weighted by Crippen LogP contribution is 2.37. The molecule has 1 aromatic heterocycles. The van der Waals surface area contributed by atoms with Crippen molar-refractivity contribution in [1.29, 1.82) is 0 Å². The molecule has 2 fully saturated rings. The molecular formula is C9H10N2O7S. The molecule has 2 saturated heterocycles. The molecule has 0 aromatic carbocycles. The van der Waals surface area contributed by atoms with Crippen molar-refractivity contribution in [2.75, 3.05) is 6.61 Å². The minimum absolute atomic E-state index is 0.365. The molecule has 1 aromatic rings. The molecule has 0 bridgehead atoms. The summed E-state index contributed by atoms with van der Waals surface area (Å²) in [6, 6.07) is 1.15. The standard InChI is InChI=1S/C9H10N2O7S/c12-3-4-6-7(18-19(15)17-6)8(16-4)11-2-1-5(13)10-9(11)14/h1-2,4,6-8,12H,3H2,(H,10,13,14)/t4-,6?,7?,8-,19?/m1/s1. The van der Waals surface area contributed by atoms with Crippen LogP contribution in [-0.4, -0.2) is 43.8 Å². The summed E-state index contributed by atoms with van der Waals surface area (Å²) in [7, 11) is 0. The summed E-state index contributed by atoms with van der Waals surface area (Å²) in [6.45, 7) is -0.365. The normalized spacial score (nSPS) is 37.4. The van der Waals surface area contributed by atoms with Crippen molar-refractivity contribution in [1.82, 2.24) is 9.55 Å². The first-order chi connectivity index (χ1) is 9.10. The zero-order valence-corrected chi connectivity index (χ0v) is 10.2. The van der Waals surface area contributed by atoms with E-state index in [1.54, 1.807) is 0 Å². The molecule has 2 aliphatic rings. The molecule has 0 aliphatic carbocycles. The smallest absolute Gasteiger partial charge is 0.330 e. The Bertz CT molecular complexity index is 625. The summed E-state index contributed by atoms with van der Waals surface area (Å²) >= 11 is -1.94. The predicted octanol–water partition coefficient (Wildman–Crippen LogP) is -2.21. The van der Waals surface area contributed by atoms with Gasteiger partial charge in [-0.25, -0.2) is 4.79 Å². The second-order valence-corrected chi connectivity index (χ2v) is 4.88. The van der Waals surface area contributed by atoms with Crippen LogP contribution in [0.3, 0.4) is 0 Å². The molecule has 0 amide bonds. The van der Waals surface area contributed by atoms with Gasteiger partial charge in [-0.05, 0) is 0 Å². The number of nitrogens with one attached hydrogen (secondary N) is 1. The van der Waals surface area contributed by atoms with E-state index in [1.807, 2.05) is 0 Å². The summed E-state index contributed by atoms with van der Waals surface area (Å²) in [5.74, 6) is 0.